The highest BCUT2D eigenvalue weighted by atomic mass is 32.2. The van der Waals surface area contributed by atoms with Crippen LogP contribution in [-0.2, 0) is 0 Å². The van der Waals surface area contributed by atoms with Crippen molar-refractivity contribution in [1.29, 1.82) is 0 Å². The fourth-order valence-corrected chi connectivity index (χ4v) is 6.80. The Morgan fingerprint density at radius 1 is 1.27 bits per heavy atom. The van der Waals surface area contributed by atoms with Crippen molar-refractivity contribution in [2.24, 2.45) is 11.3 Å². The summed E-state index contributed by atoms with van der Waals surface area (Å²) in [6, 6.07) is 0. The molecule has 0 bridgehead atoms. The molecule has 3 N–H and O–H groups in total. The number of aliphatic hydroxyl groups is 3. The van der Waals surface area contributed by atoms with E-state index in [1.54, 1.807) is 5.57 Å². The molecule has 0 saturated heterocycles. The highest BCUT2D eigenvalue weighted by molar-refractivity contribution is 8.00. The smallest absolute Gasteiger partial charge is 0.125 e. The van der Waals surface area contributed by atoms with E-state index in [0.29, 0.717) is 36.5 Å². The average molecular weight is 471 g/mol. The molecule has 0 heterocycles. The maximum absolute atomic E-state index is 11.2. The molecule has 0 aromatic rings. The first-order valence-corrected chi connectivity index (χ1v) is 13.6. The summed E-state index contributed by atoms with van der Waals surface area (Å²) in [5.74, 6) is 6.96. The Morgan fingerprint density at radius 2 is 2.00 bits per heavy atom. The Morgan fingerprint density at radius 3 is 2.67 bits per heavy atom. The molecule has 2 saturated carbocycles. The van der Waals surface area contributed by atoms with Crippen LogP contribution in [0.5, 0.6) is 0 Å². The van der Waals surface area contributed by atoms with Crippen LogP contribution in [0.4, 0.5) is 0 Å². The van der Waals surface area contributed by atoms with E-state index in [0.717, 1.165) is 24.8 Å². The zero-order chi connectivity index (χ0) is 24.3. The van der Waals surface area contributed by atoms with Gasteiger partial charge in [0.15, 0.2) is 0 Å². The highest BCUT2D eigenvalue weighted by Gasteiger charge is 2.44. The quantitative estimate of drug-likeness (QED) is 0.250. The van der Waals surface area contributed by atoms with E-state index in [4.69, 9.17) is 0 Å². The standard InChI is InChI=1S/C29H42O3S/c1-6-24-14-15-25-22(11-9-16-27(24,25)5)12-13-23-19-29(32,20-26(30)21(23)4)33-18-10-17-28(31,7-2)8-3/h12-14,25-26,30-32H,4,6-9,11,15-16,18-20H2,1-3,5H3/t25-,26-,27+,29-/m0/s1. The van der Waals surface area contributed by atoms with Crippen LogP contribution in [0.3, 0.4) is 0 Å². The normalized spacial score (nSPS) is 34.8. The number of rotatable bonds is 6. The Bertz CT molecular complexity index is 898. The Labute approximate surface area is 205 Å². The predicted octanol–water partition coefficient (Wildman–Crippen LogP) is 6.07. The van der Waals surface area contributed by atoms with Gasteiger partial charge in [0.05, 0.1) is 11.9 Å². The second-order valence-electron chi connectivity index (χ2n) is 10.3. The van der Waals surface area contributed by atoms with Crippen molar-refractivity contribution in [3.63, 3.8) is 0 Å². The minimum atomic E-state index is -1.08. The number of hydrogen-bond donors (Lipinski definition) is 3. The zero-order valence-corrected chi connectivity index (χ0v) is 21.7. The summed E-state index contributed by atoms with van der Waals surface area (Å²) in [6.07, 6.45) is 13.8. The average Bonchev–Trinajstić information content (AvgIpc) is 3.14. The van der Waals surface area contributed by atoms with E-state index in [2.05, 4.69) is 50.5 Å². The van der Waals surface area contributed by atoms with Crippen molar-refractivity contribution < 1.29 is 15.3 Å². The van der Waals surface area contributed by atoms with Gasteiger partial charge in [-0.05, 0) is 67.4 Å². The van der Waals surface area contributed by atoms with Gasteiger partial charge in [-0.2, -0.15) is 0 Å². The molecule has 33 heavy (non-hydrogen) atoms. The Kier molecular flexibility index (Phi) is 8.44. The lowest BCUT2D eigenvalue weighted by atomic mass is 9.64. The summed E-state index contributed by atoms with van der Waals surface area (Å²) in [4.78, 5) is -1.08. The van der Waals surface area contributed by atoms with Gasteiger partial charge < -0.3 is 15.3 Å². The monoisotopic (exact) mass is 470 g/mol. The molecule has 3 aliphatic rings. The summed E-state index contributed by atoms with van der Waals surface area (Å²) >= 11 is 1.35. The van der Waals surface area contributed by atoms with Crippen LogP contribution in [0.2, 0.25) is 0 Å². The Hall–Kier alpha value is -1.25. The molecule has 3 aliphatic carbocycles. The molecular formula is C29H42O3S. The van der Waals surface area contributed by atoms with Gasteiger partial charge in [0.2, 0.25) is 0 Å². The number of thioether (sulfide) groups is 1. The van der Waals surface area contributed by atoms with Crippen molar-refractivity contribution in [3.05, 3.63) is 47.1 Å². The van der Waals surface area contributed by atoms with Crippen LogP contribution in [0.15, 0.2) is 47.1 Å². The van der Waals surface area contributed by atoms with E-state index in [-0.39, 0.29) is 11.8 Å². The lowest BCUT2D eigenvalue weighted by Gasteiger charge is -2.41. The van der Waals surface area contributed by atoms with Crippen molar-refractivity contribution in [1.82, 2.24) is 0 Å². The highest BCUT2D eigenvalue weighted by Crippen LogP contribution is 2.55. The van der Waals surface area contributed by atoms with Crippen LogP contribution < -0.4 is 0 Å². The van der Waals surface area contributed by atoms with Gasteiger partial charge >= 0.3 is 0 Å². The first kappa shape index (κ1) is 26.4. The molecule has 3 rings (SSSR count). The molecule has 0 aliphatic heterocycles. The summed E-state index contributed by atoms with van der Waals surface area (Å²) < 4.78 is 0. The molecule has 182 valence electrons. The molecule has 3 nitrogen and oxygen atoms in total. The molecule has 4 heteroatoms. The minimum absolute atomic E-state index is 0.252. The molecule has 0 unspecified atom stereocenters. The van der Waals surface area contributed by atoms with E-state index in [9.17, 15) is 15.3 Å². The molecule has 0 amide bonds. The maximum atomic E-state index is 11.2. The van der Waals surface area contributed by atoms with Crippen molar-refractivity contribution in [3.8, 4) is 11.8 Å². The second kappa shape index (κ2) is 10.6. The van der Waals surface area contributed by atoms with Crippen LogP contribution in [0, 0.1) is 23.2 Å². The Balaban J connectivity index is 1.74. The summed E-state index contributed by atoms with van der Waals surface area (Å²) in [5.41, 5.74) is 4.07. The van der Waals surface area contributed by atoms with E-state index < -0.39 is 16.6 Å². The van der Waals surface area contributed by atoms with Crippen LogP contribution in [0.1, 0.15) is 85.5 Å². The van der Waals surface area contributed by atoms with Gasteiger partial charge in [0.25, 0.3) is 0 Å². The lowest BCUT2D eigenvalue weighted by Crippen LogP contribution is -2.37. The van der Waals surface area contributed by atoms with Crippen LogP contribution in [-0.4, -0.2) is 37.7 Å². The summed E-state index contributed by atoms with van der Waals surface area (Å²) in [7, 11) is 0. The van der Waals surface area contributed by atoms with E-state index >= 15 is 0 Å². The zero-order valence-electron chi connectivity index (χ0n) is 20.9. The number of aliphatic hydroxyl groups excluding tert-OH is 1. The van der Waals surface area contributed by atoms with Crippen molar-refractivity contribution in [2.75, 3.05) is 5.75 Å². The molecule has 4 atom stereocenters. The molecular weight excluding hydrogens is 428 g/mol. The SMILES string of the molecule is C=C1C(=CC=C2CCC[C@]3(C)C(CC)=CC[C@@H]23)C[C@](O)(SCC#CC(O)(CC)CC)C[C@@H]1O. The third-order valence-corrected chi connectivity index (χ3v) is 9.43. The van der Waals surface area contributed by atoms with Gasteiger partial charge in [-0.3, -0.25) is 0 Å². The summed E-state index contributed by atoms with van der Waals surface area (Å²) in [5, 5.41) is 32.2. The predicted molar refractivity (Wildman–Crippen MR) is 140 cm³/mol. The topological polar surface area (TPSA) is 60.7 Å². The fraction of sp³-hybridized carbons (Fsp3) is 0.655. The largest absolute Gasteiger partial charge is 0.388 e. The number of hydrogen-bond acceptors (Lipinski definition) is 4. The third-order valence-electron chi connectivity index (χ3n) is 8.29. The van der Waals surface area contributed by atoms with Gasteiger partial charge in [0.1, 0.15) is 10.5 Å². The molecule has 0 radical (unpaired) electrons. The fourth-order valence-electron chi connectivity index (χ4n) is 5.86. The third kappa shape index (κ3) is 5.70. The van der Waals surface area contributed by atoms with Crippen molar-refractivity contribution in [2.45, 2.75) is 102 Å². The number of allylic oxidation sites excluding steroid dienone is 5. The molecule has 0 aromatic heterocycles. The van der Waals surface area contributed by atoms with Gasteiger partial charge in [-0.1, -0.05) is 75.5 Å². The summed E-state index contributed by atoms with van der Waals surface area (Å²) in [6.45, 7) is 12.7. The number of fused-ring (bicyclic) bond motifs is 1. The van der Waals surface area contributed by atoms with Gasteiger partial charge in [-0.25, -0.2) is 0 Å². The van der Waals surface area contributed by atoms with Crippen LogP contribution >= 0.6 is 11.8 Å². The van der Waals surface area contributed by atoms with Crippen LogP contribution in [0.25, 0.3) is 0 Å². The van der Waals surface area contributed by atoms with Crippen molar-refractivity contribution >= 4 is 11.8 Å². The maximum Gasteiger partial charge on any atom is 0.125 e. The second-order valence-corrected chi connectivity index (χ2v) is 11.6. The molecule has 0 aromatic carbocycles. The van der Waals surface area contributed by atoms with Gasteiger partial charge in [-0.15, -0.1) is 11.8 Å². The molecule has 2 fully saturated rings. The van der Waals surface area contributed by atoms with Gasteiger partial charge in [0, 0.05) is 12.8 Å². The molecule has 0 spiro atoms. The first-order chi connectivity index (χ1) is 15.6. The van der Waals surface area contributed by atoms with E-state index in [1.165, 1.54) is 30.2 Å². The first-order valence-electron chi connectivity index (χ1n) is 12.6. The lowest BCUT2D eigenvalue weighted by molar-refractivity contribution is 0.0609. The minimum Gasteiger partial charge on any atom is -0.388 e. The van der Waals surface area contributed by atoms with E-state index in [1.807, 2.05) is 13.8 Å².